The molecule has 0 fully saturated rings. The number of thiophene rings is 1. The number of halogens is 2. The summed E-state index contributed by atoms with van der Waals surface area (Å²) >= 11 is -0.0157. The largest absolute Gasteiger partial charge is 0.591 e. The van der Waals surface area contributed by atoms with Crippen LogP contribution in [0.5, 0.6) is 0 Å². The normalized spacial score (nSPS) is 13.8. The van der Waals surface area contributed by atoms with Gasteiger partial charge in [0, 0.05) is 16.5 Å². The molecule has 1 aromatic heterocycles. The monoisotopic (exact) mass is 327 g/mol. The zero-order valence-corrected chi connectivity index (χ0v) is 13.5. The van der Waals surface area contributed by atoms with E-state index in [1.807, 2.05) is 20.8 Å². The zero-order chi connectivity index (χ0) is 15.6. The van der Waals surface area contributed by atoms with Crippen molar-refractivity contribution >= 4 is 28.9 Å². The van der Waals surface area contributed by atoms with Gasteiger partial charge in [-0.2, -0.15) is 0 Å². The lowest BCUT2D eigenvalue weighted by atomic mass is 10.2. The fourth-order valence-corrected chi connectivity index (χ4v) is 3.01. The molecular formula is C15H15F2NOS2. The molecule has 0 saturated carbocycles. The average molecular weight is 327 g/mol. The van der Waals surface area contributed by atoms with Gasteiger partial charge in [0.05, 0.1) is 11.1 Å². The lowest BCUT2D eigenvalue weighted by Gasteiger charge is -2.17. The molecule has 0 aliphatic rings. The summed E-state index contributed by atoms with van der Waals surface area (Å²) in [5, 5.41) is 0. The standard InChI is InChI=1S/C15H15F2NOS2/c1-15(2,3)21(19)18-9-11-5-7-14(20-11)12-6-4-10(16)8-13(12)17/h4-9H,1-3H3/b18-9+/t21-/m1/s1. The number of benzene rings is 1. The number of hydrogen-bond donors (Lipinski definition) is 0. The van der Waals surface area contributed by atoms with Gasteiger partial charge in [0.15, 0.2) is 0 Å². The molecule has 0 aliphatic carbocycles. The second kappa shape index (κ2) is 6.25. The number of nitrogens with zero attached hydrogens (tertiary/aromatic N) is 1. The molecular weight excluding hydrogens is 312 g/mol. The molecule has 1 heterocycles. The highest BCUT2D eigenvalue weighted by molar-refractivity contribution is 7.91. The Morgan fingerprint density at radius 3 is 2.52 bits per heavy atom. The Morgan fingerprint density at radius 2 is 1.90 bits per heavy atom. The van der Waals surface area contributed by atoms with Crippen LogP contribution in [0.15, 0.2) is 34.7 Å². The average Bonchev–Trinajstić information content (AvgIpc) is 2.83. The second-order valence-corrected chi connectivity index (χ2v) is 8.47. The van der Waals surface area contributed by atoms with Gasteiger partial charge in [-0.1, -0.05) is 4.40 Å². The Labute approximate surface area is 129 Å². The van der Waals surface area contributed by atoms with E-state index in [1.54, 1.807) is 12.1 Å². The molecule has 0 spiro atoms. The van der Waals surface area contributed by atoms with E-state index < -0.39 is 27.7 Å². The van der Waals surface area contributed by atoms with Crippen LogP contribution in [-0.2, 0) is 11.4 Å². The molecule has 0 amide bonds. The topological polar surface area (TPSA) is 35.4 Å². The molecule has 1 atom stereocenters. The van der Waals surface area contributed by atoms with Crippen molar-refractivity contribution in [3.8, 4) is 10.4 Å². The third-order valence-electron chi connectivity index (χ3n) is 2.62. The van der Waals surface area contributed by atoms with E-state index in [-0.39, 0.29) is 0 Å². The predicted octanol–water partition coefficient (Wildman–Crippen LogP) is 4.57. The van der Waals surface area contributed by atoms with Gasteiger partial charge in [-0.3, -0.25) is 0 Å². The molecule has 0 radical (unpaired) electrons. The summed E-state index contributed by atoms with van der Waals surface area (Å²) in [6.45, 7) is 5.52. The molecule has 6 heteroatoms. The maximum atomic E-state index is 13.7. The second-order valence-electron chi connectivity index (χ2n) is 5.42. The van der Waals surface area contributed by atoms with Crippen molar-refractivity contribution in [3.05, 3.63) is 46.8 Å². The Morgan fingerprint density at radius 1 is 1.19 bits per heavy atom. The smallest absolute Gasteiger partial charge is 0.144 e. The van der Waals surface area contributed by atoms with Crippen molar-refractivity contribution in [1.82, 2.24) is 0 Å². The number of hydrogen-bond acceptors (Lipinski definition) is 3. The van der Waals surface area contributed by atoms with Crippen LogP contribution in [0.25, 0.3) is 10.4 Å². The molecule has 0 aliphatic heterocycles. The van der Waals surface area contributed by atoms with Crippen LogP contribution in [0.1, 0.15) is 25.6 Å². The minimum absolute atomic E-state index is 0.345. The minimum atomic E-state index is -1.33. The van der Waals surface area contributed by atoms with Gasteiger partial charge in [-0.05, 0) is 45.0 Å². The van der Waals surface area contributed by atoms with Gasteiger partial charge in [0.25, 0.3) is 0 Å². The van der Waals surface area contributed by atoms with Gasteiger partial charge < -0.3 is 4.55 Å². The van der Waals surface area contributed by atoms with Gasteiger partial charge in [0.1, 0.15) is 27.7 Å². The van der Waals surface area contributed by atoms with Crippen LogP contribution in [0.4, 0.5) is 8.78 Å². The molecule has 2 rings (SSSR count). The molecule has 0 bridgehead atoms. The summed E-state index contributed by atoms with van der Waals surface area (Å²) in [4.78, 5) is 1.45. The molecule has 0 N–H and O–H groups in total. The lowest BCUT2D eigenvalue weighted by molar-refractivity contribution is 0.562. The SMILES string of the molecule is CC(C)(C)[S@@+]([O-])/N=C/c1ccc(-c2ccc(F)cc2F)s1. The first-order valence-corrected chi connectivity index (χ1v) is 8.21. The van der Waals surface area contributed by atoms with Crippen molar-refractivity contribution in [2.75, 3.05) is 0 Å². The Kier molecular flexibility index (Phi) is 4.81. The molecule has 1 aromatic carbocycles. The fourth-order valence-electron chi connectivity index (χ4n) is 1.51. The summed E-state index contributed by atoms with van der Waals surface area (Å²) in [7, 11) is 0. The van der Waals surface area contributed by atoms with Crippen LogP contribution in [-0.4, -0.2) is 15.5 Å². The third kappa shape index (κ3) is 4.12. The summed E-state index contributed by atoms with van der Waals surface area (Å²) in [6, 6.07) is 7.00. The van der Waals surface area contributed by atoms with Crippen molar-refractivity contribution in [3.63, 3.8) is 0 Å². The minimum Gasteiger partial charge on any atom is -0.591 e. The van der Waals surface area contributed by atoms with Gasteiger partial charge in [-0.15, -0.1) is 11.3 Å². The van der Waals surface area contributed by atoms with Crippen molar-refractivity contribution in [1.29, 1.82) is 0 Å². The summed E-state index contributed by atoms with van der Waals surface area (Å²) < 4.78 is 42.0. The van der Waals surface area contributed by atoms with Gasteiger partial charge >= 0.3 is 0 Å². The maximum Gasteiger partial charge on any atom is 0.144 e. The highest BCUT2D eigenvalue weighted by Crippen LogP contribution is 2.30. The summed E-state index contributed by atoms with van der Waals surface area (Å²) in [5.41, 5.74) is 0.345. The number of rotatable bonds is 3. The molecule has 0 saturated heterocycles. The first kappa shape index (κ1) is 16.1. The molecule has 21 heavy (non-hydrogen) atoms. The summed E-state index contributed by atoms with van der Waals surface area (Å²) in [5.74, 6) is -1.20. The van der Waals surface area contributed by atoms with E-state index in [0.717, 1.165) is 10.9 Å². The van der Waals surface area contributed by atoms with E-state index in [1.165, 1.54) is 29.7 Å². The molecule has 0 unspecified atom stereocenters. The quantitative estimate of drug-likeness (QED) is 0.600. The van der Waals surface area contributed by atoms with Crippen LogP contribution < -0.4 is 0 Å². The van der Waals surface area contributed by atoms with Crippen LogP contribution in [0, 0.1) is 11.6 Å². The molecule has 112 valence electrons. The van der Waals surface area contributed by atoms with Gasteiger partial charge in [0.2, 0.25) is 0 Å². The van der Waals surface area contributed by atoms with E-state index in [4.69, 9.17) is 0 Å². The lowest BCUT2D eigenvalue weighted by Crippen LogP contribution is -2.25. The van der Waals surface area contributed by atoms with E-state index in [0.29, 0.717) is 10.4 Å². The maximum absolute atomic E-state index is 13.7. The van der Waals surface area contributed by atoms with Crippen LogP contribution in [0.2, 0.25) is 0 Å². The van der Waals surface area contributed by atoms with Crippen molar-refractivity contribution < 1.29 is 13.3 Å². The third-order valence-corrected chi connectivity index (χ3v) is 5.02. The summed E-state index contributed by atoms with van der Waals surface area (Å²) in [6.07, 6.45) is 1.52. The fraction of sp³-hybridized carbons (Fsp3) is 0.267. The van der Waals surface area contributed by atoms with Gasteiger partial charge in [-0.25, -0.2) is 8.78 Å². The zero-order valence-electron chi connectivity index (χ0n) is 11.9. The Balaban J connectivity index is 2.20. The first-order valence-electron chi connectivity index (χ1n) is 6.29. The molecule has 2 nitrogen and oxygen atoms in total. The van der Waals surface area contributed by atoms with Crippen molar-refractivity contribution in [2.24, 2.45) is 4.40 Å². The first-order chi connectivity index (χ1) is 9.77. The highest BCUT2D eigenvalue weighted by atomic mass is 32.2. The van der Waals surface area contributed by atoms with E-state index in [2.05, 4.69) is 4.40 Å². The predicted molar refractivity (Wildman–Crippen MR) is 85.2 cm³/mol. The Hall–Kier alpha value is -1.24. The van der Waals surface area contributed by atoms with Crippen LogP contribution >= 0.6 is 11.3 Å². The molecule has 2 aromatic rings. The van der Waals surface area contributed by atoms with E-state index in [9.17, 15) is 13.3 Å². The van der Waals surface area contributed by atoms with Crippen LogP contribution in [0.3, 0.4) is 0 Å². The highest BCUT2D eigenvalue weighted by Gasteiger charge is 2.25. The van der Waals surface area contributed by atoms with E-state index >= 15 is 0 Å². The Bertz CT molecular complexity index is 662. The van der Waals surface area contributed by atoms with Crippen molar-refractivity contribution in [2.45, 2.75) is 25.5 Å².